The van der Waals surface area contributed by atoms with Crippen LogP contribution in [0.5, 0.6) is 0 Å². The van der Waals surface area contributed by atoms with Crippen molar-refractivity contribution in [2.24, 2.45) is 0 Å². The third-order valence-electron chi connectivity index (χ3n) is 3.78. The van der Waals surface area contributed by atoms with E-state index in [0.29, 0.717) is 13.1 Å². The Bertz CT molecular complexity index is 654. The maximum atomic E-state index is 12.3. The molecule has 1 atom stereocenters. The van der Waals surface area contributed by atoms with Gasteiger partial charge in [0.15, 0.2) is 0 Å². The van der Waals surface area contributed by atoms with Gasteiger partial charge in [0.1, 0.15) is 6.04 Å². The molecule has 0 aromatic heterocycles. The Morgan fingerprint density at radius 3 is 2.67 bits per heavy atom. The lowest BCUT2D eigenvalue weighted by Crippen LogP contribution is -2.45. The van der Waals surface area contributed by atoms with Gasteiger partial charge in [-0.3, -0.25) is 4.79 Å². The number of nitrogens with one attached hydrogen (secondary N) is 3. The van der Waals surface area contributed by atoms with Gasteiger partial charge in [-0.25, -0.2) is 0 Å². The summed E-state index contributed by atoms with van der Waals surface area (Å²) < 4.78 is 0. The first kappa shape index (κ1) is 13.5. The molecule has 0 fully saturated rings. The van der Waals surface area contributed by atoms with Crippen LogP contribution in [0.3, 0.4) is 0 Å². The molecule has 3 N–H and O–H groups in total. The topological polar surface area (TPSA) is 53.2 Å². The van der Waals surface area contributed by atoms with Gasteiger partial charge < -0.3 is 16.0 Å². The summed E-state index contributed by atoms with van der Waals surface area (Å²) in [4.78, 5) is 12.3. The molecule has 2 aromatic carbocycles. The fraction of sp³-hybridized carbons (Fsp3) is 0.235. The average Bonchev–Trinajstić information content (AvgIpc) is 2.53. The molecule has 1 amide bonds. The van der Waals surface area contributed by atoms with E-state index >= 15 is 0 Å². The molecule has 4 nitrogen and oxygen atoms in total. The molecule has 0 saturated heterocycles. The predicted octanol–water partition coefficient (Wildman–Crippen LogP) is 2.52. The molecular weight excluding hydrogens is 262 g/mol. The lowest BCUT2D eigenvalue weighted by atomic mass is 10.1. The Labute approximate surface area is 124 Å². The number of aryl methyl sites for hydroxylation is 1. The van der Waals surface area contributed by atoms with Gasteiger partial charge in [0.2, 0.25) is 5.91 Å². The zero-order valence-electron chi connectivity index (χ0n) is 12.0. The molecule has 1 unspecified atom stereocenters. The molecule has 1 heterocycles. The number of rotatable bonds is 3. The number of amides is 1. The summed E-state index contributed by atoms with van der Waals surface area (Å²) in [5.74, 6) is 0.0141. The molecule has 0 bridgehead atoms. The first-order chi connectivity index (χ1) is 10.2. The van der Waals surface area contributed by atoms with Crippen molar-refractivity contribution in [3.8, 4) is 0 Å². The van der Waals surface area contributed by atoms with E-state index in [2.05, 4.69) is 28.9 Å². The molecule has 1 aliphatic heterocycles. The molecule has 0 spiro atoms. The van der Waals surface area contributed by atoms with Crippen molar-refractivity contribution < 1.29 is 4.79 Å². The second-order valence-corrected chi connectivity index (χ2v) is 5.27. The third kappa shape index (κ3) is 2.99. The first-order valence-corrected chi connectivity index (χ1v) is 7.16. The first-order valence-electron chi connectivity index (χ1n) is 7.16. The number of para-hydroxylation sites is 2. The van der Waals surface area contributed by atoms with Crippen molar-refractivity contribution in [3.63, 3.8) is 0 Å². The molecule has 1 aliphatic rings. The highest BCUT2D eigenvalue weighted by molar-refractivity contribution is 5.88. The molecule has 4 heteroatoms. The van der Waals surface area contributed by atoms with Gasteiger partial charge in [0.05, 0.1) is 11.4 Å². The fourth-order valence-corrected chi connectivity index (χ4v) is 2.49. The van der Waals surface area contributed by atoms with Gasteiger partial charge >= 0.3 is 0 Å². The molecule has 0 radical (unpaired) electrons. The smallest absolute Gasteiger partial charge is 0.244 e. The standard InChI is InChI=1S/C17H19N3O/c1-12-6-2-3-7-13(12)10-19-17(21)16-11-18-14-8-4-5-9-15(14)20-16/h2-9,16,18,20H,10-11H2,1H3,(H,19,21). The van der Waals surface area contributed by atoms with E-state index in [-0.39, 0.29) is 11.9 Å². The maximum Gasteiger partial charge on any atom is 0.244 e. The van der Waals surface area contributed by atoms with Gasteiger partial charge in [-0.1, -0.05) is 36.4 Å². The van der Waals surface area contributed by atoms with E-state index in [0.717, 1.165) is 16.9 Å². The summed E-state index contributed by atoms with van der Waals surface area (Å²) in [6.07, 6.45) is 0. The van der Waals surface area contributed by atoms with Crippen LogP contribution in [-0.2, 0) is 11.3 Å². The van der Waals surface area contributed by atoms with Crippen molar-refractivity contribution >= 4 is 17.3 Å². The average molecular weight is 281 g/mol. The van der Waals surface area contributed by atoms with Crippen LogP contribution in [0.4, 0.5) is 11.4 Å². The van der Waals surface area contributed by atoms with Crippen LogP contribution in [0.15, 0.2) is 48.5 Å². The second-order valence-electron chi connectivity index (χ2n) is 5.27. The van der Waals surface area contributed by atoms with Crippen LogP contribution in [-0.4, -0.2) is 18.5 Å². The van der Waals surface area contributed by atoms with E-state index < -0.39 is 0 Å². The number of hydrogen-bond donors (Lipinski definition) is 3. The lowest BCUT2D eigenvalue weighted by Gasteiger charge is -2.27. The molecule has 0 aliphatic carbocycles. The van der Waals surface area contributed by atoms with Gasteiger partial charge in [-0.15, -0.1) is 0 Å². The van der Waals surface area contributed by atoms with Crippen molar-refractivity contribution in [1.29, 1.82) is 0 Å². The van der Waals surface area contributed by atoms with Crippen molar-refractivity contribution in [3.05, 3.63) is 59.7 Å². The number of fused-ring (bicyclic) bond motifs is 1. The van der Waals surface area contributed by atoms with E-state index in [9.17, 15) is 4.79 Å². The summed E-state index contributed by atoms with van der Waals surface area (Å²) in [5, 5.41) is 9.55. The van der Waals surface area contributed by atoms with Crippen LogP contribution in [0.1, 0.15) is 11.1 Å². The SMILES string of the molecule is Cc1ccccc1CNC(=O)C1CNc2ccccc2N1. The third-order valence-corrected chi connectivity index (χ3v) is 3.78. The second kappa shape index (κ2) is 5.87. The molecule has 0 saturated carbocycles. The summed E-state index contributed by atoms with van der Waals surface area (Å²) >= 11 is 0. The van der Waals surface area contributed by atoms with E-state index in [1.165, 1.54) is 5.56 Å². The monoisotopic (exact) mass is 281 g/mol. The summed E-state index contributed by atoms with van der Waals surface area (Å²) in [6, 6.07) is 15.8. The minimum absolute atomic E-state index is 0.0141. The number of anilines is 2. The fourth-order valence-electron chi connectivity index (χ4n) is 2.49. The van der Waals surface area contributed by atoms with Crippen molar-refractivity contribution in [2.75, 3.05) is 17.2 Å². The van der Waals surface area contributed by atoms with Crippen molar-refractivity contribution in [1.82, 2.24) is 5.32 Å². The molecule has 21 heavy (non-hydrogen) atoms. The normalized spacial score (nSPS) is 16.3. The van der Waals surface area contributed by atoms with Crippen LogP contribution in [0.25, 0.3) is 0 Å². The Morgan fingerprint density at radius 2 is 1.86 bits per heavy atom. The Morgan fingerprint density at radius 1 is 1.14 bits per heavy atom. The molecule has 3 rings (SSSR count). The van der Waals surface area contributed by atoms with E-state index in [1.807, 2.05) is 42.5 Å². The zero-order valence-corrected chi connectivity index (χ0v) is 12.0. The minimum atomic E-state index is -0.246. The molecule has 2 aromatic rings. The lowest BCUT2D eigenvalue weighted by molar-refractivity contribution is -0.121. The number of benzene rings is 2. The Balaban J connectivity index is 1.61. The van der Waals surface area contributed by atoms with Crippen LogP contribution in [0, 0.1) is 6.92 Å². The highest BCUT2D eigenvalue weighted by Gasteiger charge is 2.22. The maximum absolute atomic E-state index is 12.3. The van der Waals surface area contributed by atoms with Crippen LogP contribution in [0.2, 0.25) is 0 Å². The van der Waals surface area contributed by atoms with Crippen molar-refractivity contribution in [2.45, 2.75) is 19.5 Å². The van der Waals surface area contributed by atoms with Crippen LogP contribution >= 0.6 is 0 Å². The van der Waals surface area contributed by atoms with Gasteiger partial charge in [0, 0.05) is 13.1 Å². The number of hydrogen-bond acceptors (Lipinski definition) is 3. The minimum Gasteiger partial charge on any atom is -0.381 e. The van der Waals surface area contributed by atoms with E-state index in [1.54, 1.807) is 0 Å². The van der Waals surface area contributed by atoms with Gasteiger partial charge in [0.25, 0.3) is 0 Å². The highest BCUT2D eigenvalue weighted by Crippen LogP contribution is 2.25. The zero-order chi connectivity index (χ0) is 14.7. The predicted molar refractivity (Wildman–Crippen MR) is 85.4 cm³/mol. The van der Waals surface area contributed by atoms with E-state index in [4.69, 9.17) is 0 Å². The van der Waals surface area contributed by atoms with Crippen LogP contribution < -0.4 is 16.0 Å². The Hall–Kier alpha value is -2.49. The summed E-state index contributed by atoms with van der Waals surface area (Å²) in [7, 11) is 0. The quantitative estimate of drug-likeness (QED) is 0.810. The Kier molecular flexibility index (Phi) is 3.77. The van der Waals surface area contributed by atoms with Gasteiger partial charge in [-0.2, -0.15) is 0 Å². The molecule has 108 valence electrons. The largest absolute Gasteiger partial charge is 0.381 e. The number of carbonyl (C=O) groups excluding carboxylic acids is 1. The number of carbonyl (C=O) groups is 1. The summed E-state index contributed by atoms with van der Waals surface area (Å²) in [6.45, 7) is 3.21. The highest BCUT2D eigenvalue weighted by atomic mass is 16.2. The van der Waals surface area contributed by atoms with Gasteiger partial charge in [-0.05, 0) is 30.2 Å². The summed E-state index contributed by atoms with van der Waals surface area (Å²) in [5.41, 5.74) is 4.35. The molecular formula is C17H19N3O.